The lowest BCUT2D eigenvalue weighted by atomic mass is 9.96. The summed E-state index contributed by atoms with van der Waals surface area (Å²) in [5.74, 6) is -3.50. The van der Waals surface area contributed by atoms with Gasteiger partial charge in [-0.3, -0.25) is 14.8 Å². The van der Waals surface area contributed by atoms with Crippen molar-refractivity contribution < 1.29 is 56.2 Å². The van der Waals surface area contributed by atoms with Crippen LogP contribution in [-0.4, -0.2) is 86.1 Å². The second-order valence-corrected chi connectivity index (χ2v) is 7.43. The molecule has 1 fully saturated rings. The number of aliphatic hydroxyl groups is 5. The van der Waals surface area contributed by atoms with Gasteiger partial charge in [0, 0.05) is 0 Å². The summed E-state index contributed by atoms with van der Waals surface area (Å²) in [6.07, 6.45) is -8.80. The summed E-state index contributed by atoms with van der Waals surface area (Å²) in [4.78, 5) is -4.01. The third kappa shape index (κ3) is 2.90. The minimum absolute atomic E-state index is 2.73. The predicted octanol–water partition coefficient (Wildman–Crippen LogP) is -5.51. The molecule has 21 heavy (non-hydrogen) atoms. The van der Waals surface area contributed by atoms with Crippen molar-refractivity contribution in [2.45, 2.75) is 34.6 Å². The molecule has 0 spiro atoms. The highest BCUT2D eigenvalue weighted by molar-refractivity contribution is 7.87. The fraction of sp³-hybridized carbons (Fsp3) is 1.00. The first-order chi connectivity index (χ1) is 9.07. The van der Waals surface area contributed by atoms with Crippen molar-refractivity contribution in [1.29, 1.82) is 0 Å². The lowest BCUT2D eigenvalue weighted by molar-refractivity contribution is -0.359. The van der Waals surface area contributed by atoms with Crippen LogP contribution in [0.25, 0.3) is 0 Å². The van der Waals surface area contributed by atoms with Crippen molar-refractivity contribution in [3.8, 4) is 0 Å². The van der Waals surface area contributed by atoms with Gasteiger partial charge in [0.25, 0.3) is 21.0 Å². The molecular formula is C6H13NO12S2. The van der Waals surface area contributed by atoms with Gasteiger partial charge in [-0.15, -0.1) is 0 Å². The Morgan fingerprint density at radius 3 is 1.86 bits per heavy atom. The fourth-order valence-electron chi connectivity index (χ4n) is 1.72. The van der Waals surface area contributed by atoms with Gasteiger partial charge in [0.1, 0.15) is 12.2 Å². The molecule has 1 unspecified atom stereocenters. The molecule has 0 saturated carbocycles. The highest BCUT2D eigenvalue weighted by atomic mass is 32.2. The Morgan fingerprint density at radius 1 is 1.10 bits per heavy atom. The Kier molecular flexibility index (Phi) is 4.45. The smallest absolute Gasteiger partial charge is 0.300 e. The average molecular weight is 355 g/mol. The molecule has 1 aliphatic heterocycles. The van der Waals surface area contributed by atoms with E-state index >= 15 is 0 Å². The number of rotatable bonds is 3. The first kappa shape index (κ1) is 18.6. The van der Waals surface area contributed by atoms with E-state index in [1.165, 1.54) is 0 Å². The fourth-order valence-corrected chi connectivity index (χ4v) is 3.15. The van der Waals surface area contributed by atoms with E-state index in [0.717, 1.165) is 0 Å². The van der Waals surface area contributed by atoms with Gasteiger partial charge in [-0.25, -0.2) is 0 Å². The maximum atomic E-state index is 11.1. The molecule has 0 radical (unpaired) electrons. The van der Waals surface area contributed by atoms with Crippen molar-refractivity contribution in [2.24, 2.45) is 5.73 Å². The minimum Gasteiger partial charge on any atom is -0.386 e. The summed E-state index contributed by atoms with van der Waals surface area (Å²) in [5.41, 5.74) is 1.81. The zero-order valence-corrected chi connectivity index (χ0v) is 11.5. The van der Waals surface area contributed by atoms with Crippen LogP contribution < -0.4 is 5.73 Å². The second kappa shape index (κ2) is 5.03. The van der Waals surface area contributed by atoms with Crippen molar-refractivity contribution in [3.05, 3.63) is 0 Å². The molecule has 1 saturated heterocycles. The maximum absolute atomic E-state index is 11.1. The van der Waals surface area contributed by atoms with E-state index in [1.807, 2.05) is 0 Å². The van der Waals surface area contributed by atoms with Crippen LogP contribution in [0.2, 0.25) is 0 Å². The predicted molar refractivity (Wildman–Crippen MR) is 60.1 cm³/mol. The van der Waals surface area contributed by atoms with Crippen molar-refractivity contribution in [1.82, 2.24) is 0 Å². The lowest BCUT2D eigenvalue weighted by Crippen LogP contribution is -2.78. The quantitative estimate of drug-likeness (QED) is 0.174. The molecular weight excluding hydrogens is 342 g/mol. The number of hydrogen-bond acceptors (Lipinski definition) is 11. The van der Waals surface area contributed by atoms with Gasteiger partial charge in [-0.1, -0.05) is 0 Å². The van der Waals surface area contributed by atoms with Gasteiger partial charge in [-0.05, 0) is 0 Å². The van der Waals surface area contributed by atoms with Crippen molar-refractivity contribution in [3.63, 3.8) is 0 Å². The number of ether oxygens (including phenoxy) is 1. The topological polar surface area (TPSA) is 245 Å². The summed E-state index contributed by atoms with van der Waals surface area (Å²) in [5, 5.41) is 47.4. The highest BCUT2D eigenvalue weighted by Gasteiger charge is 2.69. The summed E-state index contributed by atoms with van der Waals surface area (Å²) in [6.45, 7) is 0. The van der Waals surface area contributed by atoms with E-state index in [9.17, 15) is 42.4 Å². The van der Waals surface area contributed by atoms with Crippen molar-refractivity contribution >= 4 is 20.2 Å². The Morgan fingerprint density at radius 2 is 1.52 bits per heavy atom. The standard InChI is InChI=1S/C6H13NO12S2/c7-6(12)4(10)5(11,21(16,17)18)2(8)1(19-6)3(9)20(13,14)15/h1-4,8-12H,7H2,(H,13,14,15)(H,16,17,18)/t1-,2-,3?,4+,5+,6-/m0/s1. The van der Waals surface area contributed by atoms with E-state index in [0.29, 0.717) is 0 Å². The highest BCUT2D eigenvalue weighted by Crippen LogP contribution is 2.37. The Balaban J connectivity index is 3.48. The van der Waals surface area contributed by atoms with Crippen LogP contribution in [0.5, 0.6) is 0 Å². The van der Waals surface area contributed by atoms with Gasteiger partial charge < -0.3 is 30.3 Å². The van der Waals surface area contributed by atoms with E-state index in [2.05, 4.69) is 4.74 Å². The zero-order chi connectivity index (χ0) is 17.0. The van der Waals surface area contributed by atoms with Gasteiger partial charge in [0.05, 0.1) is 0 Å². The second-order valence-electron chi connectivity index (χ2n) is 4.31. The molecule has 1 aliphatic rings. The Hall–Kier alpha value is -0.460. The van der Waals surface area contributed by atoms with Gasteiger partial charge in [0.15, 0.2) is 6.10 Å². The maximum Gasteiger partial charge on any atom is 0.300 e. The Labute approximate surface area is 117 Å². The Bertz CT molecular complexity index is 612. The largest absolute Gasteiger partial charge is 0.386 e. The normalized spacial score (nSPS) is 43.5. The lowest BCUT2D eigenvalue weighted by Gasteiger charge is -2.48. The molecule has 15 heteroatoms. The molecule has 0 aliphatic carbocycles. The van der Waals surface area contributed by atoms with E-state index in [-0.39, 0.29) is 0 Å². The van der Waals surface area contributed by atoms with E-state index < -0.39 is 54.8 Å². The monoisotopic (exact) mass is 355 g/mol. The van der Waals surface area contributed by atoms with E-state index in [4.69, 9.17) is 14.8 Å². The van der Waals surface area contributed by atoms with Crippen LogP contribution in [-0.2, 0) is 25.0 Å². The molecule has 6 atom stereocenters. The summed E-state index contributed by atoms with van der Waals surface area (Å²) >= 11 is 0. The van der Waals surface area contributed by atoms with Gasteiger partial charge >= 0.3 is 10.1 Å². The zero-order valence-electron chi connectivity index (χ0n) is 9.87. The van der Waals surface area contributed by atoms with Crippen LogP contribution in [0, 0.1) is 0 Å². The molecule has 0 bridgehead atoms. The first-order valence-corrected chi connectivity index (χ1v) is 7.90. The van der Waals surface area contributed by atoms with Crippen LogP contribution >= 0.6 is 0 Å². The summed E-state index contributed by atoms with van der Waals surface area (Å²) in [6, 6.07) is 0. The molecule has 1 heterocycles. The molecule has 126 valence electrons. The summed E-state index contributed by atoms with van der Waals surface area (Å²) < 4.78 is 65.4. The summed E-state index contributed by atoms with van der Waals surface area (Å²) in [7, 11) is -11.1. The van der Waals surface area contributed by atoms with Crippen LogP contribution in [0.4, 0.5) is 0 Å². The number of aliphatic hydroxyl groups excluding tert-OH is 3. The van der Waals surface area contributed by atoms with Gasteiger partial charge in [-0.2, -0.15) is 16.8 Å². The van der Waals surface area contributed by atoms with Crippen molar-refractivity contribution in [2.75, 3.05) is 0 Å². The van der Waals surface area contributed by atoms with Crippen LogP contribution in [0.1, 0.15) is 0 Å². The molecule has 0 amide bonds. The minimum atomic E-state index is -5.76. The number of hydrogen-bond donors (Lipinski definition) is 8. The third-order valence-corrected chi connectivity index (χ3v) is 5.01. The molecule has 13 nitrogen and oxygen atoms in total. The van der Waals surface area contributed by atoms with E-state index in [1.54, 1.807) is 0 Å². The number of nitrogens with two attached hydrogens (primary N) is 1. The van der Waals surface area contributed by atoms with Crippen LogP contribution in [0.15, 0.2) is 0 Å². The van der Waals surface area contributed by atoms with Crippen LogP contribution in [0.3, 0.4) is 0 Å². The molecule has 0 aromatic heterocycles. The average Bonchev–Trinajstić information content (AvgIpc) is 2.28. The SMILES string of the molecule is N[C@@]1(O)O[C@H](C(O)S(=O)(=O)O)[C@H](O)[C@@](O)(S(=O)(=O)O)[C@H]1O. The molecule has 0 aromatic carbocycles. The molecule has 1 rings (SSSR count). The first-order valence-electron chi connectivity index (χ1n) is 4.95. The molecule has 0 aromatic rings. The third-order valence-electron chi connectivity index (χ3n) is 2.84. The molecule has 9 N–H and O–H groups in total. The van der Waals surface area contributed by atoms with Gasteiger partial charge in [0.2, 0.25) is 5.44 Å².